The molecule has 8 N–H and O–H groups in total. The second kappa shape index (κ2) is 14.1. The molecule has 8 aliphatic rings. The predicted molar refractivity (Wildman–Crippen MR) is 198 cm³/mol. The van der Waals surface area contributed by atoms with Gasteiger partial charge in [0.05, 0.1) is 38.1 Å². The van der Waals surface area contributed by atoms with E-state index in [0.717, 1.165) is 38.5 Å². The molecule has 21 atom stereocenters. The Labute approximate surface area is 330 Å². The van der Waals surface area contributed by atoms with Gasteiger partial charge < -0.3 is 69.3 Å². The molecule has 4 saturated heterocycles. The molecule has 2 bridgehead atoms. The van der Waals surface area contributed by atoms with Crippen molar-refractivity contribution < 1.29 is 69.3 Å². The smallest absolute Gasteiger partial charge is 0.187 e. The largest absolute Gasteiger partial charge is 0.394 e. The van der Waals surface area contributed by atoms with Crippen LogP contribution in [0.25, 0.3) is 0 Å². The molecule has 4 aliphatic carbocycles. The molecule has 0 aromatic heterocycles. The van der Waals surface area contributed by atoms with Gasteiger partial charge in [-0.3, -0.25) is 0 Å². The lowest BCUT2D eigenvalue weighted by Gasteiger charge is -2.70. The lowest BCUT2D eigenvalue weighted by Crippen LogP contribution is -2.68. The average Bonchev–Trinajstić information content (AvgIpc) is 3.67. The fraction of sp³-hybridized carbons (Fsp3) is 0.952. The van der Waals surface area contributed by atoms with Crippen molar-refractivity contribution in [3.8, 4) is 0 Å². The second-order valence-corrected chi connectivity index (χ2v) is 20.5. The van der Waals surface area contributed by atoms with E-state index in [1.54, 1.807) is 0 Å². The van der Waals surface area contributed by atoms with Crippen molar-refractivity contribution in [3.05, 3.63) is 11.6 Å². The summed E-state index contributed by atoms with van der Waals surface area (Å²) >= 11 is 0. The van der Waals surface area contributed by atoms with Crippen molar-refractivity contribution in [1.29, 1.82) is 0 Å². The van der Waals surface area contributed by atoms with Crippen molar-refractivity contribution in [1.82, 2.24) is 0 Å². The average molecular weight is 797 g/mol. The van der Waals surface area contributed by atoms with Crippen LogP contribution in [0.1, 0.15) is 93.4 Å². The highest BCUT2D eigenvalue weighted by molar-refractivity contribution is 5.27. The van der Waals surface area contributed by atoms with Crippen molar-refractivity contribution >= 4 is 0 Å². The van der Waals surface area contributed by atoms with Gasteiger partial charge in [0.25, 0.3) is 0 Å². The first-order valence-electron chi connectivity index (χ1n) is 21.1. The van der Waals surface area contributed by atoms with E-state index < -0.39 is 86.0 Å². The molecular formula is C42H68O14. The lowest BCUT2D eigenvalue weighted by molar-refractivity contribution is -0.370. The quantitative estimate of drug-likeness (QED) is 0.135. The van der Waals surface area contributed by atoms with E-state index in [1.165, 1.54) is 5.57 Å². The van der Waals surface area contributed by atoms with Gasteiger partial charge in [0.1, 0.15) is 48.8 Å². The number of ether oxygens (including phenoxy) is 6. The van der Waals surface area contributed by atoms with E-state index >= 15 is 0 Å². The van der Waals surface area contributed by atoms with Gasteiger partial charge in [-0.05, 0) is 93.3 Å². The maximum absolute atomic E-state index is 12.3. The normalized spacial score (nSPS) is 57.4. The fourth-order valence-electron chi connectivity index (χ4n) is 14.6. The van der Waals surface area contributed by atoms with Gasteiger partial charge in [-0.15, -0.1) is 0 Å². The van der Waals surface area contributed by atoms with Crippen molar-refractivity contribution in [2.24, 2.45) is 51.2 Å². The van der Waals surface area contributed by atoms with E-state index in [4.69, 9.17) is 28.4 Å². The molecule has 4 heterocycles. The molecular weight excluding hydrogens is 728 g/mol. The number of fused-ring (bicyclic) bond motifs is 4. The third-order valence-electron chi connectivity index (χ3n) is 17.3. The Morgan fingerprint density at radius 1 is 0.732 bits per heavy atom. The first kappa shape index (κ1) is 41.9. The molecule has 0 aromatic carbocycles. The molecule has 320 valence electrons. The van der Waals surface area contributed by atoms with Crippen LogP contribution < -0.4 is 0 Å². The molecule has 8 fully saturated rings. The summed E-state index contributed by atoms with van der Waals surface area (Å²) in [7, 11) is 0. The third-order valence-corrected chi connectivity index (χ3v) is 17.3. The maximum atomic E-state index is 12.3. The van der Waals surface area contributed by atoms with Crippen LogP contribution >= 0.6 is 0 Å². The Kier molecular flexibility index (Phi) is 10.6. The molecule has 0 radical (unpaired) electrons. The highest BCUT2D eigenvalue weighted by atomic mass is 16.7. The van der Waals surface area contributed by atoms with Gasteiger partial charge in [-0.1, -0.05) is 39.3 Å². The third kappa shape index (κ3) is 5.79. The predicted octanol–water partition coefficient (Wildman–Crippen LogP) is 1.36. The summed E-state index contributed by atoms with van der Waals surface area (Å²) in [5, 5.41) is 86.1. The molecule has 4 aliphatic heterocycles. The van der Waals surface area contributed by atoms with Gasteiger partial charge in [0.2, 0.25) is 0 Å². The minimum Gasteiger partial charge on any atom is -0.394 e. The van der Waals surface area contributed by atoms with E-state index in [0.29, 0.717) is 31.5 Å². The molecule has 3 unspecified atom stereocenters. The molecule has 8 rings (SSSR count). The van der Waals surface area contributed by atoms with Crippen LogP contribution in [-0.2, 0) is 28.4 Å². The van der Waals surface area contributed by atoms with E-state index in [1.807, 2.05) is 6.92 Å². The summed E-state index contributed by atoms with van der Waals surface area (Å²) in [4.78, 5) is 0. The molecule has 0 amide bonds. The van der Waals surface area contributed by atoms with E-state index in [2.05, 4.69) is 47.6 Å². The van der Waals surface area contributed by atoms with Gasteiger partial charge >= 0.3 is 0 Å². The van der Waals surface area contributed by atoms with Crippen LogP contribution in [0.5, 0.6) is 0 Å². The van der Waals surface area contributed by atoms with Crippen LogP contribution in [0, 0.1) is 51.2 Å². The molecule has 56 heavy (non-hydrogen) atoms. The van der Waals surface area contributed by atoms with Gasteiger partial charge in [-0.25, -0.2) is 0 Å². The number of hydrogen-bond acceptors (Lipinski definition) is 14. The Hall–Kier alpha value is -0.820. The molecule has 4 saturated carbocycles. The molecule has 2 spiro atoms. The zero-order valence-corrected chi connectivity index (χ0v) is 34.1. The van der Waals surface area contributed by atoms with E-state index in [-0.39, 0.29) is 45.5 Å². The standard InChI is InChI=1S/C42H68O14/c1-20(2)14-21-17-51-42-18-41(19-52-42)22(34(42)40(21,7)50)8-9-26-38(5)12-11-27(37(3,4)25(38)10-13-39(26,41)6)55-36-32(49)33(29(46)24(16-44)54-36)56-35-31(48)30(47)28(45)23(15-43)53-35/h14,21-36,43-50H,8-13,15-19H2,1-7H3/t21-,22?,23-,24-,25+,26-,27+,28-,29-,30+,31-,32-,33+,34?,35+,36+,38+,39-,40?,41+,42-/m1/s1. The number of rotatable bonds is 7. The molecule has 0 aromatic rings. The Balaban J connectivity index is 1.01. The first-order chi connectivity index (χ1) is 26.2. The number of hydrogen-bond donors (Lipinski definition) is 8. The highest BCUT2D eigenvalue weighted by Crippen LogP contribution is 2.80. The number of allylic oxidation sites excluding steroid dienone is 1. The Morgan fingerprint density at radius 2 is 1.39 bits per heavy atom. The topological polar surface area (TPSA) is 217 Å². The SMILES string of the molecule is CC(C)=C[C@@H]1CO[C@]23C[C@]4(CO2)C(CC[C@@H]2[C@@]5(C)CC[C@H](O[C@@H]6O[C@H](CO)[C@@H](O)[C@H](O[C@@H]7O[C@H](CO)[C@@H](O)[C@H](O)[C@H]7O)[C@H]6O)C(C)(C)[C@@H]5CC[C@]24C)C3C1(C)O. The van der Waals surface area contributed by atoms with Crippen molar-refractivity contribution in [2.75, 3.05) is 26.4 Å². The minimum atomic E-state index is -1.75. The fourth-order valence-corrected chi connectivity index (χ4v) is 14.6. The van der Waals surface area contributed by atoms with Crippen LogP contribution in [0.2, 0.25) is 0 Å². The van der Waals surface area contributed by atoms with Gasteiger partial charge in [-0.2, -0.15) is 0 Å². The molecule has 14 nitrogen and oxygen atoms in total. The maximum Gasteiger partial charge on any atom is 0.187 e. The lowest BCUT2D eigenvalue weighted by atomic mass is 9.35. The van der Waals surface area contributed by atoms with Crippen molar-refractivity contribution in [3.63, 3.8) is 0 Å². The van der Waals surface area contributed by atoms with E-state index in [9.17, 15) is 40.9 Å². The van der Waals surface area contributed by atoms with Crippen LogP contribution in [0.15, 0.2) is 11.6 Å². The summed E-state index contributed by atoms with van der Waals surface area (Å²) in [6.07, 6.45) is -6.79. The minimum absolute atomic E-state index is 0.0284. The summed E-state index contributed by atoms with van der Waals surface area (Å²) in [5.41, 5.74) is -0.302. The first-order valence-corrected chi connectivity index (χ1v) is 21.1. The summed E-state index contributed by atoms with van der Waals surface area (Å²) in [6, 6.07) is 0. The zero-order chi connectivity index (χ0) is 40.5. The summed E-state index contributed by atoms with van der Waals surface area (Å²) in [6.45, 7) is 15.4. The Morgan fingerprint density at radius 3 is 2.05 bits per heavy atom. The van der Waals surface area contributed by atoms with Crippen molar-refractivity contribution in [2.45, 2.75) is 172 Å². The van der Waals surface area contributed by atoms with Crippen LogP contribution in [0.4, 0.5) is 0 Å². The zero-order valence-electron chi connectivity index (χ0n) is 34.1. The highest BCUT2D eigenvalue weighted by Gasteiger charge is 2.81. The number of aliphatic hydroxyl groups excluding tert-OH is 7. The Bertz CT molecular complexity index is 1500. The van der Waals surface area contributed by atoms with Crippen LogP contribution in [0.3, 0.4) is 0 Å². The van der Waals surface area contributed by atoms with Crippen LogP contribution in [-0.4, -0.2) is 146 Å². The summed E-state index contributed by atoms with van der Waals surface area (Å²) < 4.78 is 37.5. The number of aliphatic hydroxyl groups is 8. The monoisotopic (exact) mass is 796 g/mol. The second-order valence-electron chi connectivity index (χ2n) is 20.5. The van der Waals surface area contributed by atoms with Gasteiger partial charge in [0.15, 0.2) is 18.4 Å². The molecule has 14 heteroatoms. The summed E-state index contributed by atoms with van der Waals surface area (Å²) in [5.74, 6) is 0.0262. The van der Waals surface area contributed by atoms with Gasteiger partial charge in [0, 0.05) is 23.7 Å².